The lowest BCUT2D eigenvalue weighted by atomic mass is 9.71. The summed E-state index contributed by atoms with van der Waals surface area (Å²) in [6, 6.07) is 22.5. The molecule has 0 radical (unpaired) electrons. The Hall–Kier alpha value is -3.47. The molecule has 0 aliphatic heterocycles. The van der Waals surface area contributed by atoms with Crippen molar-refractivity contribution in [3.63, 3.8) is 0 Å². The Morgan fingerprint density at radius 3 is 2.38 bits per heavy atom. The van der Waals surface area contributed by atoms with E-state index in [0.29, 0.717) is 0 Å². The Kier molecular flexibility index (Phi) is 4.16. The van der Waals surface area contributed by atoms with E-state index in [9.17, 15) is 4.79 Å². The highest BCUT2D eigenvalue weighted by Crippen LogP contribution is 2.42. The second-order valence-corrected chi connectivity index (χ2v) is 7.66. The van der Waals surface area contributed by atoms with Crippen LogP contribution in [0.3, 0.4) is 0 Å². The van der Waals surface area contributed by atoms with Crippen molar-refractivity contribution in [2.75, 3.05) is 0 Å². The van der Waals surface area contributed by atoms with Crippen molar-refractivity contribution in [3.05, 3.63) is 78.5 Å². The summed E-state index contributed by atoms with van der Waals surface area (Å²) in [5.41, 5.74) is 5.76. The third kappa shape index (κ3) is 2.99. The summed E-state index contributed by atoms with van der Waals surface area (Å²) >= 11 is 0. The molecule has 4 aromatic rings. The number of rotatable bonds is 4. The van der Waals surface area contributed by atoms with Gasteiger partial charge in [-0.2, -0.15) is 5.10 Å². The molecule has 1 fully saturated rings. The van der Waals surface area contributed by atoms with Crippen molar-refractivity contribution in [2.45, 2.75) is 31.7 Å². The van der Waals surface area contributed by atoms with Gasteiger partial charge in [-0.3, -0.25) is 4.79 Å². The lowest BCUT2D eigenvalue weighted by Gasteiger charge is -2.43. The van der Waals surface area contributed by atoms with Crippen LogP contribution in [-0.2, 0) is 10.3 Å². The van der Waals surface area contributed by atoms with Crippen LogP contribution in [0.4, 0.5) is 0 Å². The van der Waals surface area contributed by atoms with Crippen molar-refractivity contribution in [1.82, 2.24) is 19.9 Å². The molecule has 0 bridgehead atoms. The Labute approximate surface area is 169 Å². The Bertz CT molecular complexity index is 1170. The minimum atomic E-state index is -0.215. The molecule has 0 atom stereocenters. The van der Waals surface area contributed by atoms with Gasteiger partial charge < -0.3 is 5.32 Å². The Morgan fingerprint density at radius 1 is 0.966 bits per heavy atom. The van der Waals surface area contributed by atoms with Gasteiger partial charge in [-0.05, 0) is 37.0 Å². The first-order valence-corrected chi connectivity index (χ1v) is 9.95. The first kappa shape index (κ1) is 17.6. The highest BCUT2D eigenvalue weighted by atomic mass is 16.1. The summed E-state index contributed by atoms with van der Waals surface area (Å²) in [5.74, 6) is 0.0200. The fourth-order valence-corrected chi connectivity index (χ4v) is 4.25. The molecule has 5 rings (SSSR count). The number of fused-ring (bicyclic) bond motifs is 1. The Balaban J connectivity index is 1.61. The molecule has 144 valence electrons. The van der Waals surface area contributed by atoms with Gasteiger partial charge in [-0.15, -0.1) is 0 Å². The molecule has 2 aromatic carbocycles. The van der Waals surface area contributed by atoms with Gasteiger partial charge in [0.2, 0.25) is 5.91 Å². The van der Waals surface area contributed by atoms with Crippen LogP contribution < -0.4 is 5.32 Å². The number of hydrogen-bond acceptors (Lipinski definition) is 3. The fraction of sp³-hybridized carbons (Fsp3) is 0.208. The predicted molar refractivity (Wildman–Crippen MR) is 113 cm³/mol. The van der Waals surface area contributed by atoms with Crippen molar-refractivity contribution in [3.8, 4) is 22.5 Å². The summed E-state index contributed by atoms with van der Waals surface area (Å²) in [5, 5.41) is 7.68. The molecule has 1 saturated carbocycles. The lowest BCUT2D eigenvalue weighted by Crippen LogP contribution is -2.50. The summed E-state index contributed by atoms with van der Waals surface area (Å²) in [7, 11) is 0. The molecule has 5 nitrogen and oxygen atoms in total. The zero-order valence-electron chi connectivity index (χ0n) is 16.3. The molecule has 29 heavy (non-hydrogen) atoms. The van der Waals surface area contributed by atoms with Crippen molar-refractivity contribution in [2.24, 2.45) is 0 Å². The van der Waals surface area contributed by atoms with E-state index in [2.05, 4.69) is 46.8 Å². The molecule has 2 aromatic heterocycles. The standard InChI is InChI=1S/C24H22N4O/c1-17(29)27-24(14-6-15-24)20-12-10-18(11-13-20)22-23(19-7-3-2-4-8-19)28-21(26-22)9-5-16-25-28/h2-5,7-13,16H,6,14-15H2,1H3,(H,27,29). The summed E-state index contributed by atoms with van der Waals surface area (Å²) in [6.07, 6.45) is 4.89. The number of amides is 1. The van der Waals surface area contributed by atoms with Crippen LogP contribution in [0.25, 0.3) is 28.2 Å². The quantitative estimate of drug-likeness (QED) is 0.562. The van der Waals surface area contributed by atoms with Crippen LogP contribution >= 0.6 is 0 Å². The maximum Gasteiger partial charge on any atom is 0.217 e. The smallest absolute Gasteiger partial charge is 0.217 e. The maximum atomic E-state index is 11.7. The van der Waals surface area contributed by atoms with Gasteiger partial charge in [0.15, 0.2) is 5.65 Å². The number of carbonyl (C=O) groups excluding carboxylic acids is 1. The number of nitrogens with zero attached hydrogens (tertiary/aromatic N) is 3. The van der Waals surface area contributed by atoms with Gasteiger partial charge in [0, 0.05) is 24.2 Å². The van der Waals surface area contributed by atoms with E-state index in [-0.39, 0.29) is 11.4 Å². The summed E-state index contributed by atoms with van der Waals surface area (Å²) < 4.78 is 1.89. The number of hydrogen-bond donors (Lipinski definition) is 1. The third-order valence-electron chi connectivity index (χ3n) is 5.77. The minimum absolute atomic E-state index is 0.0200. The van der Waals surface area contributed by atoms with Crippen molar-refractivity contribution < 1.29 is 4.79 Å². The molecule has 1 amide bonds. The molecule has 0 unspecified atom stereocenters. The fourth-order valence-electron chi connectivity index (χ4n) is 4.25. The van der Waals surface area contributed by atoms with Crippen LogP contribution in [0.5, 0.6) is 0 Å². The second kappa shape index (κ2) is 6.85. The summed E-state index contributed by atoms with van der Waals surface area (Å²) in [4.78, 5) is 16.5. The molecule has 1 N–H and O–H groups in total. The van der Waals surface area contributed by atoms with E-state index in [4.69, 9.17) is 4.98 Å². The first-order valence-electron chi connectivity index (χ1n) is 9.95. The molecule has 0 saturated heterocycles. The minimum Gasteiger partial charge on any atom is -0.347 e. The van der Waals surface area contributed by atoms with Gasteiger partial charge in [0.25, 0.3) is 0 Å². The maximum absolute atomic E-state index is 11.7. The number of carbonyl (C=O) groups is 1. The van der Waals surface area contributed by atoms with E-state index in [1.54, 1.807) is 13.1 Å². The average molecular weight is 382 g/mol. The molecule has 1 aliphatic rings. The number of nitrogens with one attached hydrogen (secondary N) is 1. The van der Waals surface area contributed by atoms with E-state index >= 15 is 0 Å². The first-order chi connectivity index (χ1) is 14.2. The largest absolute Gasteiger partial charge is 0.347 e. The monoisotopic (exact) mass is 382 g/mol. The van der Waals surface area contributed by atoms with Crippen LogP contribution in [0.15, 0.2) is 72.9 Å². The second-order valence-electron chi connectivity index (χ2n) is 7.66. The molecule has 5 heteroatoms. The number of aromatic nitrogens is 3. The predicted octanol–water partition coefficient (Wildman–Crippen LogP) is 4.58. The highest BCUT2D eigenvalue weighted by Gasteiger charge is 2.39. The molecule has 1 aliphatic carbocycles. The van der Waals surface area contributed by atoms with Crippen molar-refractivity contribution >= 4 is 11.6 Å². The van der Waals surface area contributed by atoms with Crippen LogP contribution in [0, 0.1) is 0 Å². The van der Waals surface area contributed by atoms with E-state index in [0.717, 1.165) is 53.0 Å². The highest BCUT2D eigenvalue weighted by molar-refractivity contribution is 5.81. The molecular formula is C24H22N4O. The normalized spacial score (nSPS) is 15.1. The van der Waals surface area contributed by atoms with Crippen LogP contribution in [0.2, 0.25) is 0 Å². The SMILES string of the molecule is CC(=O)NC1(c2ccc(-c3nc4cccnn4c3-c3ccccc3)cc2)CCC1. The van der Waals surface area contributed by atoms with E-state index < -0.39 is 0 Å². The number of benzene rings is 2. The Morgan fingerprint density at radius 2 is 1.72 bits per heavy atom. The topological polar surface area (TPSA) is 59.3 Å². The summed E-state index contributed by atoms with van der Waals surface area (Å²) in [6.45, 7) is 1.59. The molecule has 0 spiro atoms. The number of imidazole rings is 1. The molecular weight excluding hydrogens is 360 g/mol. The lowest BCUT2D eigenvalue weighted by molar-refractivity contribution is -0.122. The van der Waals surface area contributed by atoms with E-state index in [1.807, 2.05) is 34.8 Å². The molecule has 2 heterocycles. The van der Waals surface area contributed by atoms with Gasteiger partial charge >= 0.3 is 0 Å². The van der Waals surface area contributed by atoms with Crippen LogP contribution in [0.1, 0.15) is 31.7 Å². The zero-order valence-corrected chi connectivity index (χ0v) is 16.3. The van der Waals surface area contributed by atoms with E-state index in [1.165, 1.54) is 0 Å². The van der Waals surface area contributed by atoms with Crippen LogP contribution in [-0.4, -0.2) is 20.5 Å². The zero-order chi connectivity index (χ0) is 19.8. The third-order valence-corrected chi connectivity index (χ3v) is 5.77. The van der Waals surface area contributed by atoms with Gasteiger partial charge in [-0.1, -0.05) is 54.6 Å². The average Bonchev–Trinajstić information content (AvgIpc) is 3.11. The van der Waals surface area contributed by atoms with Gasteiger partial charge in [-0.25, -0.2) is 9.50 Å². The van der Waals surface area contributed by atoms with Crippen molar-refractivity contribution in [1.29, 1.82) is 0 Å². The van der Waals surface area contributed by atoms with Gasteiger partial charge in [0.05, 0.1) is 11.2 Å². The van der Waals surface area contributed by atoms with Gasteiger partial charge in [0.1, 0.15) is 5.69 Å².